The van der Waals surface area contributed by atoms with Crippen molar-refractivity contribution in [3.8, 4) is 0 Å². The highest BCUT2D eigenvalue weighted by molar-refractivity contribution is 6.20. The van der Waals surface area contributed by atoms with Crippen LogP contribution in [0.4, 0.5) is 5.82 Å². The Balaban J connectivity index is 1.32. The van der Waals surface area contributed by atoms with E-state index >= 15 is 0 Å². The molecule has 0 unspecified atom stereocenters. The van der Waals surface area contributed by atoms with Gasteiger partial charge in [-0.1, -0.05) is 26.8 Å². The number of hydrogen-bond acceptors (Lipinski definition) is 6. The van der Waals surface area contributed by atoms with Gasteiger partial charge in [0.05, 0.1) is 18.8 Å². The van der Waals surface area contributed by atoms with Crippen LogP contribution in [-0.4, -0.2) is 71.5 Å². The number of carbonyl (C=O) groups is 2. The summed E-state index contributed by atoms with van der Waals surface area (Å²) in [7, 11) is 0. The van der Waals surface area contributed by atoms with Crippen LogP contribution in [0.3, 0.4) is 0 Å². The number of aromatic amines is 1. The molecule has 8 nitrogen and oxygen atoms in total. The summed E-state index contributed by atoms with van der Waals surface area (Å²) in [5.41, 5.74) is 9.62. The fraction of sp³-hybridized carbons (Fsp3) is 0.483. The van der Waals surface area contributed by atoms with Gasteiger partial charge in [-0.2, -0.15) is 0 Å². The van der Waals surface area contributed by atoms with Crippen molar-refractivity contribution >= 4 is 28.4 Å². The standard InChI is InChI=1S/C29H35N5O3/c1-4-29(34-11-13-37-14-12-34)7-9-33(10-8-29)23-16-21-20(17-31-23)25(35)24-19-6-5-18(27(30)36)15-22(19)32-26(24)28(21,2)3/h5-6,15-17,32H,4,7-14H2,1-3H3,(H2,30,36). The van der Waals surface area contributed by atoms with Gasteiger partial charge in [-0.15, -0.1) is 0 Å². The van der Waals surface area contributed by atoms with Crippen LogP contribution in [0.2, 0.25) is 0 Å². The molecule has 8 heteroatoms. The van der Waals surface area contributed by atoms with Gasteiger partial charge in [0.15, 0.2) is 5.78 Å². The number of piperidine rings is 1. The van der Waals surface area contributed by atoms with E-state index in [0.29, 0.717) is 16.7 Å². The lowest BCUT2D eigenvalue weighted by Gasteiger charge is -2.50. The molecule has 37 heavy (non-hydrogen) atoms. The molecule has 2 aromatic heterocycles. The van der Waals surface area contributed by atoms with Crippen LogP contribution in [0.25, 0.3) is 10.9 Å². The van der Waals surface area contributed by atoms with Crippen molar-refractivity contribution in [2.45, 2.75) is 51.0 Å². The number of morpholine rings is 1. The summed E-state index contributed by atoms with van der Waals surface area (Å²) < 4.78 is 5.60. The fourth-order valence-corrected chi connectivity index (χ4v) is 6.72. The first-order chi connectivity index (χ1) is 17.7. The molecule has 1 amide bonds. The molecule has 3 aromatic rings. The Morgan fingerprint density at radius 3 is 2.54 bits per heavy atom. The van der Waals surface area contributed by atoms with Crippen molar-refractivity contribution in [3.05, 3.63) is 58.4 Å². The molecule has 6 rings (SSSR count). The molecule has 4 heterocycles. The number of primary amides is 1. The second-order valence-electron chi connectivity index (χ2n) is 11.2. The van der Waals surface area contributed by atoms with Crippen molar-refractivity contribution in [1.29, 1.82) is 0 Å². The van der Waals surface area contributed by atoms with E-state index in [1.807, 2.05) is 6.07 Å². The Morgan fingerprint density at radius 2 is 1.86 bits per heavy atom. The summed E-state index contributed by atoms with van der Waals surface area (Å²) in [4.78, 5) is 38.7. The van der Waals surface area contributed by atoms with Crippen LogP contribution in [0.1, 0.15) is 77.6 Å². The molecular formula is C29H35N5O3. The van der Waals surface area contributed by atoms with Gasteiger partial charge < -0.3 is 20.4 Å². The number of carbonyl (C=O) groups excluding carboxylic acids is 2. The zero-order valence-electron chi connectivity index (χ0n) is 21.9. The number of ether oxygens (including phenoxy) is 1. The Bertz CT molecular complexity index is 1390. The smallest absolute Gasteiger partial charge is 0.248 e. The minimum atomic E-state index is -0.487. The Labute approximate surface area is 217 Å². The first-order valence-electron chi connectivity index (χ1n) is 13.3. The monoisotopic (exact) mass is 501 g/mol. The lowest BCUT2D eigenvalue weighted by molar-refractivity contribution is -0.0341. The number of nitrogens with zero attached hydrogens (tertiary/aromatic N) is 3. The molecule has 0 saturated carbocycles. The number of aromatic nitrogens is 2. The van der Waals surface area contributed by atoms with E-state index in [4.69, 9.17) is 15.5 Å². The first-order valence-corrected chi connectivity index (χ1v) is 13.3. The molecule has 0 bridgehead atoms. The van der Waals surface area contributed by atoms with E-state index in [0.717, 1.165) is 86.6 Å². The van der Waals surface area contributed by atoms with E-state index in [1.54, 1.807) is 18.3 Å². The Morgan fingerprint density at radius 1 is 1.14 bits per heavy atom. The number of rotatable bonds is 4. The summed E-state index contributed by atoms with van der Waals surface area (Å²) >= 11 is 0. The molecule has 1 aliphatic carbocycles. The van der Waals surface area contributed by atoms with Gasteiger partial charge in [-0.25, -0.2) is 4.98 Å². The topological polar surface area (TPSA) is 105 Å². The largest absolute Gasteiger partial charge is 0.379 e. The number of nitrogens with one attached hydrogen (secondary N) is 1. The number of hydrogen-bond donors (Lipinski definition) is 2. The quantitative estimate of drug-likeness (QED) is 0.566. The molecular weight excluding hydrogens is 466 g/mol. The lowest BCUT2D eigenvalue weighted by Crippen LogP contribution is -2.58. The number of fused-ring (bicyclic) bond motifs is 4. The Hall–Kier alpha value is -3.23. The second-order valence-corrected chi connectivity index (χ2v) is 11.2. The minimum Gasteiger partial charge on any atom is -0.379 e. The summed E-state index contributed by atoms with van der Waals surface area (Å²) in [6.45, 7) is 12.1. The highest BCUT2D eigenvalue weighted by Gasteiger charge is 2.42. The van der Waals surface area contributed by atoms with Crippen LogP contribution < -0.4 is 10.6 Å². The summed E-state index contributed by atoms with van der Waals surface area (Å²) in [5, 5.41) is 0.808. The number of H-pyrrole nitrogens is 1. The second kappa shape index (κ2) is 8.67. The number of amides is 1. The van der Waals surface area contributed by atoms with E-state index < -0.39 is 11.3 Å². The highest BCUT2D eigenvalue weighted by atomic mass is 16.5. The predicted octanol–water partition coefficient (Wildman–Crippen LogP) is 3.61. The van der Waals surface area contributed by atoms with Crippen LogP contribution in [0.5, 0.6) is 0 Å². The third-order valence-electron chi connectivity index (χ3n) is 9.10. The van der Waals surface area contributed by atoms with Crippen LogP contribution in [0, 0.1) is 0 Å². The minimum absolute atomic E-state index is 0.0302. The molecule has 0 atom stereocenters. The number of anilines is 1. The maximum absolute atomic E-state index is 13.7. The molecule has 2 aliphatic heterocycles. The van der Waals surface area contributed by atoms with Crippen LogP contribution in [0.15, 0.2) is 30.5 Å². The molecule has 3 N–H and O–H groups in total. The molecule has 194 valence electrons. The average Bonchev–Trinajstić information content (AvgIpc) is 3.32. The third kappa shape index (κ3) is 3.68. The van der Waals surface area contributed by atoms with E-state index in [-0.39, 0.29) is 11.3 Å². The van der Waals surface area contributed by atoms with Gasteiger partial charge in [-0.05, 0) is 43.0 Å². The van der Waals surface area contributed by atoms with Gasteiger partial charge in [0.25, 0.3) is 0 Å². The van der Waals surface area contributed by atoms with Crippen molar-refractivity contribution < 1.29 is 14.3 Å². The molecule has 0 spiro atoms. The summed E-state index contributed by atoms with van der Waals surface area (Å²) in [6, 6.07) is 7.34. The molecule has 0 radical (unpaired) electrons. The maximum atomic E-state index is 13.7. The fourth-order valence-electron chi connectivity index (χ4n) is 6.72. The number of ketones is 1. The van der Waals surface area contributed by atoms with E-state index in [9.17, 15) is 9.59 Å². The zero-order valence-corrected chi connectivity index (χ0v) is 21.9. The van der Waals surface area contributed by atoms with Crippen molar-refractivity contribution in [2.75, 3.05) is 44.3 Å². The normalized spacial score (nSPS) is 21.1. The lowest BCUT2D eigenvalue weighted by atomic mass is 9.72. The first kappa shape index (κ1) is 24.1. The summed E-state index contributed by atoms with van der Waals surface area (Å²) in [5.74, 6) is 0.415. The maximum Gasteiger partial charge on any atom is 0.248 e. The Kier molecular flexibility index (Phi) is 5.65. The van der Waals surface area contributed by atoms with Gasteiger partial charge in [-0.3, -0.25) is 14.5 Å². The third-order valence-corrected chi connectivity index (χ3v) is 9.10. The van der Waals surface area contributed by atoms with Gasteiger partial charge in [0.1, 0.15) is 5.82 Å². The van der Waals surface area contributed by atoms with Crippen LogP contribution >= 0.6 is 0 Å². The van der Waals surface area contributed by atoms with Gasteiger partial charge in [0, 0.05) is 71.1 Å². The SMILES string of the molecule is CCC1(N2CCOCC2)CCN(c2cc3c(cn2)C(=O)c2c([nH]c4cc(C(N)=O)ccc24)C3(C)C)CC1. The van der Waals surface area contributed by atoms with Crippen molar-refractivity contribution in [2.24, 2.45) is 5.73 Å². The highest BCUT2D eigenvalue weighted by Crippen LogP contribution is 2.45. The van der Waals surface area contributed by atoms with E-state index in [2.05, 4.69) is 41.6 Å². The number of pyridine rings is 1. The number of benzene rings is 1. The van der Waals surface area contributed by atoms with Crippen molar-refractivity contribution in [1.82, 2.24) is 14.9 Å². The average molecular weight is 502 g/mol. The molecule has 3 aliphatic rings. The molecule has 2 saturated heterocycles. The van der Waals surface area contributed by atoms with Gasteiger partial charge >= 0.3 is 0 Å². The van der Waals surface area contributed by atoms with Crippen molar-refractivity contribution in [3.63, 3.8) is 0 Å². The van der Waals surface area contributed by atoms with Crippen LogP contribution in [-0.2, 0) is 10.2 Å². The molecule has 2 fully saturated rings. The molecule has 1 aromatic carbocycles. The summed E-state index contributed by atoms with van der Waals surface area (Å²) in [6.07, 6.45) is 5.09. The zero-order chi connectivity index (χ0) is 25.9. The van der Waals surface area contributed by atoms with E-state index in [1.165, 1.54) is 0 Å². The van der Waals surface area contributed by atoms with Gasteiger partial charge in [0.2, 0.25) is 5.91 Å². The predicted molar refractivity (Wildman–Crippen MR) is 143 cm³/mol. The number of nitrogens with two attached hydrogens (primary N) is 1.